The van der Waals surface area contributed by atoms with Crippen molar-refractivity contribution in [3.63, 3.8) is 0 Å². The first-order valence-corrected chi connectivity index (χ1v) is 7.67. The van der Waals surface area contributed by atoms with Gasteiger partial charge in [0.25, 0.3) is 0 Å². The van der Waals surface area contributed by atoms with Crippen molar-refractivity contribution in [2.24, 2.45) is 5.92 Å². The zero-order valence-corrected chi connectivity index (χ0v) is 12.5. The van der Waals surface area contributed by atoms with E-state index in [0.717, 1.165) is 7.11 Å². The maximum atomic E-state index is 12.2. The largest absolute Gasteiger partial charge is 0.481 e. The Morgan fingerprint density at radius 3 is 2.52 bits per heavy atom. The van der Waals surface area contributed by atoms with E-state index in [1.165, 1.54) is 31.2 Å². The fraction of sp³-hybridized carbons (Fsp3) is 0.385. The van der Waals surface area contributed by atoms with Gasteiger partial charge >= 0.3 is 11.9 Å². The number of nitrogens with one attached hydrogen (secondary N) is 1. The minimum atomic E-state index is -3.91. The molecular weight excluding hydrogens is 298 g/mol. The molecule has 0 aliphatic rings. The second-order valence-electron chi connectivity index (χ2n) is 4.41. The second kappa shape index (κ2) is 7.19. The number of hydrogen-bond donors (Lipinski definition) is 2. The van der Waals surface area contributed by atoms with Crippen molar-refractivity contribution in [2.75, 3.05) is 13.7 Å². The third-order valence-corrected chi connectivity index (χ3v) is 4.39. The highest BCUT2D eigenvalue weighted by Crippen LogP contribution is 2.16. The Hall–Kier alpha value is -1.93. The Bertz CT molecular complexity index is 625. The first kappa shape index (κ1) is 17.1. The summed E-state index contributed by atoms with van der Waals surface area (Å²) < 4.78 is 31.1. The molecule has 1 aromatic rings. The molecular formula is C13H17NO6S. The Morgan fingerprint density at radius 2 is 1.95 bits per heavy atom. The van der Waals surface area contributed by atoms with Gasteiger partial charge in [-0.1, -0.05) is 19.1 Å². The lowest BCUT2D eigenvalue weighted by Crippen LogP contribution is -2.28. The third kappa shape index (κ3) is 4.54. The van der Waals surface area contributed by atoms with Gasteiger partial charge in [-0.25, -0.2) is 17.9 Å². The zero-order valence-electron chi connectivity index (χ0n) is 11.7. The van der Waals surface area contributed by atoms with Gasteiger partial charge in [0.15, 0.2) is 0 Å². The van der Waals surface area contributed by atoms with Crippen molar-refractivity contribution >= 4 is 22.0 Å². The van der Waals surface area contributed by atoms with Crippen molar-refractivity contribution < 1.29 is 27.9 Å². The second-order valence-corrected chi connectivity index (χ2v) is 6.15. The molecule has 2 N–H and O–H groups in total. The molecule has 0 fully saturated rings. The molecule has 0 bridgehead atoms. The van der Waals surface area contributed by atoms with Crippen LogP contribution in [0.3, 0.4) is 0 Å². The smallest absolute Gasteiger partial charge is 0.339 e. The summed E-state index contributed by atoms with van der Waals surface area (Å²) in [6.07, 6.45) is 0.148. The number of sulfonamides is 1. The predicted molar refractivity (Wildman–Crippen MR) is 74.4 cm³/mol. The number of carboxylic acids is 1. The van der Waals surface area contributed by atoms with E-state index >= 15 is 0 Å². The van der Waals surface area contributed by atoms with Crippen LogP contribution >= 0.6 is 0 Å². The number of methoxy groups -OCH3 is 1. The minimum Gasteiger partial charge on any atom is -0.481 e. The molecule has 0 saturated heterocycles. The summed E-state index contributed by atoms with van der Waals surface area (Å²) in [7, 11) is -2.75. The van der Waals surface area contributed by atoms with E-state index in [9.17, 15) is 18.0 Å². The van der Waals surface area contributed by atoms with Crippen LogP contribution in [0.4, 0.5) is 0 Å². The molecule has 0 aliphatic heterocycles. The number of rotatable bonds is 7. The van der Waals surface area contributed by atoms with Gasteiger partial charge in [-0.05, 0) is 18.6 Å². The highest BCUT2D eigenvalue weighted by molar-refractivity contribution is 7.89. The van der Waals surface area contributed by atoms with Crippen LogP contribution in [0, 0.1) is 5.92 Å². The molecule has 116 valence electrons. The number of carbonyl (C=O) groups excluding carboxylic acids is 1. The van der Waals surface area contributed by atoms with Gasteiger partial charge in [-0.15, -0.1) is 0 Å². The molecule has 21 heavy (non-hydrogen) atoms. The number of carbonyl (C=O) groups is 2. The maximum Gasteiger partial charge on any atom is 0.339 e. The quantitative estimate of drug-likeness (QED) is 0.722. The number of ether oxygens (including phenoxy) is 1. The molecule has 1 rings (SSSR count). The van der Waals surface area contributed by atoms with Crippen LogP contribution in [0.1, 0.15) is 23.7 Å². The fourth-order valence-electron chi connectivity index (χ4n) is 1.59. The summed E-state index contributed by atoms with van der Waals surface area (Å²) in [6, 6.07) is 5.65. The summed E-state index contributed by atoms with van der Waals surface area (Å²) in [5.74, 6) is -2.41. The fourth-order valence-corrected chi connectivity index (χ4v) is 2.83. The van der Waals surface area contributed by atoms with Gasteiger partial charge in [-0.3, -0.25) is 4.79 Å². The monoisotopic (exact) mass is 315 g/mol. The third-order valence-electron chi connectivity index (χ3n) is 2.87. The topological polar surface area (TPSA) is 110 Å². The van der Waals surface area contributed by atoms with Crippen LogP contribution < -0.4 is 4.72 Å². The van der Waals surface area contributed by atoms with Crippen LogP contribution in [0.15, 0.2) is 29.2 Å². The predicted octanol–water partition coefficient (Wildman–Crippen LogP) is 0.862. The number of esters is 1. The lowest BCUT2D eigenvalue weighted by Gasteiger charge is -2.11. The van der Waals surface area contributed by atoms with E-state index < -0.39 is 27.9 Å². The summed E-state index contributed by atoms with van der Waals surface area (Å²) in [4.78, 5) is 22.0. The van der Waals surface area contributed by atoms with Crippen molar-refractivity contribution in [3.05, 3.63) is 29.8 Å². The summed E-state index contributed by atoms with van der Waals surface area (Å²) in [6.45, 7) is 1.45. The average molecular weight is 315 g/mol. The Labute approximate surface area is 123 Å². The molecule has 1 unspecified atom stereocenters. The molecule has 7 nitrogen and oxygen atoms in total. The molecule has 1 aromatic carbocycles. The van der Waals surface area contributed by atoms with Gasteiger partial charge in [-0.2, -0.15) is 0 Å². The highest BCUT2D eigenvalue weighted by atomic mass is 32.2. The van der Waals surface area contributed by atoms with Crippen molar-refractivity contribution in [1.29, 1.82) is 0 Å². The molecule has 0 aliphatic carbocycles. The van der Waals surface area contributed by atoms with E-state index in [1.807, 2.05) is 0 Å². The Balaban J connectivity index is 2.89. The van der Waals surface area contributed by atoms with Gasteiger partial charge < -0.3 is 9.84 Å². The summed E-state index contributed by atoms with van der Waals surface area (Å²) in [5, 5.41) is 8.74. The minimum absolute atomic E-state index is 0.0364. The molecule has 8 heteroatoms. The van der Waals surface area contributed by atoms with Gasteiger partial charge in [0, 0.05) is 6.54 Å². The van der Waals surface area contributed by atoms with Crippen molar-refractivity contribution in [2.45, 2.75) is 18.2 Å². The SMILES string of the molecule is COC(=O)c1ccccc1S(=O)(=O)NCCC(C)C(=O)O. The number of benzene rings is 1. The van der Waals surface area contributed by atoms with E-state index in [-0.39, 0.29) is 23.4 Å². The lowest BCUT2D eigenvalue weighted by molar-refractivity contribution is -0.141. The van der Waals surface area contributed by atoms with Gasteiger partial charge in [0.1, 0.15) is 0 Å². The van der Waals surface area contributed by atoms with Crippen LogP contribution in [0.2, 0.25) is 0 Å². The Kier molecular flexibility index (Phi) is 5.86. The molecule has 0 aromatic heterocycles. The lowest BCUT2D eigenvalue weighted by atomic mass is 10.1. The van der Waals surface area contributed by atoms with Gasteiger partial charge in [0.05, 0.1) is 23.5 Å². The van der Waals surface area contributed by atoms with Crippen LogP contribution in [-0.2, 0) is 19.6 Å². The average Bonchev–Trinajstić information content (AvgIpc) is 2.46. The molecule has 0 radical (unpaired) electrons. The van der Waals surface area contributed by atoms with Crippen LogP contribution in [-0.4, -0.2) is 39.1 Å². The first-order chi connectivity index (χ1) is 9.79. The zero-order chi connectivity index (χ0) is 16.0. The van der Waals surface area contributed by atoms with E-state index in [4.69, 9.17) is 5.11 Å². The molecule has 0 heterocycles. The van der Waals surface area contributed by atoms with E-state index in [2.05, 4.69) is 9.46 Å². The number of aliphatic carboxylic acids is 1. The molecule has 1 atom stereocenters. The molecule has 0 saturated carbocycles. The number of hydrogen-bond acceptors (Lipinski definition) is 5. The first-order valence-electron chi connectivity index (χ1n) is 6.19. The van der Waals surface area contributed by atoms with Crippen LogP contribution in [0.25, 0.3) is 0 Å². The van der Waals surface area contributed by atoms with Crippen molar-refractivity contribution in [3.8, 4) is 0 Å². The summed E-state index contributed by atoms with van der Waals surface area (Å²) >= 11 is 0. The molecule has 0 spiro atoms. The normalized spacial score (nSPS) is 12.7. The molecule has 0 amide bonds. The van der Waals surface area contributed by atoms with E-state index in [1.54, 1.807) is 0 Å². The standard InChI is InChI=1S/C13H17NO6S/c1-9(12(15)16)7-8-14-21(18,19)11-6-4-3-5-10(11)13(17)20-2/h3-6,9,14H,7-8H2,1-2H3,(H,15,16). The number of carboxylic acid groups (broad SMARTS) is 1. The van der Waals surface area contributed by atoms with E-state index in [0.29, 0.717) is 0 Å². The maximum absolute atomic E-state index is 12.2. The summed E-state index contributed by atoms with van der Waals surface area (Å²) in [5.41, 5.74) is -0.0706. The van der Waals surface area contributed by atoms with Crippen molar-refractivity contribution in [1.82, 2.24) is 4.72 Å². The Morgan fingerprint density at radius 1 is 1.33 bits per heavy atom. The highest BCUT2D eigenvalue weighted by Gasteiger charge is 2.22. The van der Waals surface area contributed by atoms with Crippen LogP contribution in [0.5, 0.6) is 0 Å². The van der Waals surface area contributed by atoms with Gasteiger partial charge in [0.2, 0.25) is 10.0 Å².